The molecular weight excluding hydrogens is 425 g/mol. The Kier molecular flexibility index (Phi) is 8.84. The second kappa shape index (κ2) is 10.4. The van der Waals surface area contributed by atoms with Gasteiger partial charge in [-0.1, -0.05) is 26.3 Å². The minimum Gasteiger partial charge on any atom is -0.406 e. The lowest BCUT2D eigenvalue weighted by atomic mass is 9.93. The summed E-state index contributed by atoms with van der Waals surface area (Å²) in [6.45, 7) is 8.47. The van der Waals surface area contributed by atoms with Crippen LogP contribution in [0.3, 0.4) is 0 Å². The van der Waals surface area contributed by atoms with Gasteiger partial charge in [0.15, 0.2) is 16.9 Å². The summed E-state index contributed by atoms with van der Waals surface area (Å²) in [6.07, 6.45) is -5.31. The largest absolute Gasteiger partial charge is 0.728 e. The molecule has 0 radical (unpaired) electrons. The van der Waals surface area contributed by atoms with Crippen molar-refractivity contribution in [2.75, 3.05) is 0 Å². The number of rotatable bonds is 6. The number of halogens is 3. The Bertz CT molecular complexity index is 856. The first kappa shape index (κ1) is 25.4. The molecule has 0 aliphatic carbocycles. The Hall–Kier alpha value is -2.61. The normalized spacial score (nSPS) is 14.5. The van der Waals surface area contributed by atoms with Crippen LogP contribution >= 0.6 is 0 Å². The van der Waals surface area contributed by atoms with Crippen molar-refractivity contribution in [3.05, 3.63) is 29.1 Å². The van der Waals surface area contributed by atoms with E-state index in [2.05, 4.69) is 20.4 Å². The van der Waals surface area contributed by atoms with Crippen molar-refractivity contribution in [2.45, 2.75) is 57.9 Å². The van der Waals surface area contributed by atoms with Crippen LogP contribution in [0.4, 0.5) is 18.0 Å². The standard InChI is InChI=1S/C19H23F3N2O5S/c1-6-12(2)15(11-23-17(26)29-18(3,4)5)16(25)24-30(27)14-9-7-8-13(10-14)28-19(20,21)22/h7-10,12,15H,6H2,1-5H3/p+1/t12-,15?,30?/m0/s1. The van der Waals surface area contributed by atoms with Gasteiger partial charge in [0.05, 0.1) is 9.74 Å². The van der Waals surface area contributed by atoms with E-state index in [0.29, 0.717) is 6.42 Å². The van der Waals surface area contributed by atoms with E-state index in [-0.39, 0.29) is 10.8 Å². The number of amides is 2. The summed E-state index contributed by atoms with van der Waals surface area (Å²) >= 11 is 0. The fourth-order valence-corrected chi connectivity index (χ4v) is 2.94. The summed E-state index contributed by atoms with van der Waals surface area (Å²) in [7, 11) is -2.17. The Morgan fingerprint density at radius 3 is 2.43 bits per heavy atom. The molecular formula is C19H24F3N2O5S+. The van der Waals surface area contributed by atoms with E-state index in [1.54, 1.807) is 34.6 Å². The van der Waals surface area contributed by atoms with Gasteiger partial charge in [0.1, 0.15) is 11.4 Å². The molecule has 3 atom stereocenters. The van der Waals surface area contributed by atoms with E-state index >= 15 is 0 Å². The summed E-state index contributed by atoms with van der Waals surface area (Å²) < 4.78 is 60.4. The van der Waals surface area contributed by atoms with Crippen LogP contribution in [0, 0.1) is 17.9 Å². The fourth-order valence-electron chi connectivity index (χ4n) is 2.09. The Morgan fingerprint density at radius 1 is 1.27 bits per heavy atom. The van der Waals surface area contributed by atoms with Gasteiger partial charge in [-0.25, -0.2) is 4.21 Å². The third kappa shape index (κ3) is 9.26. The average molecular weight is 449 g/mol. The van der Waals surface area contributed by atoms with Crippen molar-refractivity contribution in [2.24, 2.45) is 11.8 Å². The van der Waals surface area contributed by atoms with Crippen molar-refractivity contribution in [1.82, 2.24) is 4.72 Å². The van der Waals surface area contributed by atoms with Gasteiger partial charge >= 0.3 is 18.5 Å². The molecule has 1 aromatic rings. The lowest BCUT2D eigenvalue weighted by Gasteiger charge is -2.14. The van der Waals surface area contributed by atoms with Gasteiger partial charge in [0.2, 0.25) is 0 Å². The highest BCUT2D eigenvalue weighted by molar-refractivity contribution is 7.83. The first-order valence-electron chi connectivity index (χ1n) is 8.99. The molecule has 166 valence electrons. The third-order valence-electron chi connectivity index (χ3n) is 3.63. The zero-order valence-electron chi connectivity index (χ0n) is 17.2. The zero-order chi connectivity index (χ0) is 23.1. The highest BCUT2D eigenvalue weighted by Crippen LogP contribution is 2.24. The van der Waals surface area contributed by atoms with Gasteiger partial charge in [-0.2, -0.15) is 4.79 Å². The molecule has 2 amide bonds. The van der Waals surface area contributed by atoms with Crippen molar-refractivity contribution in [3.63, 3.8) is 0 Å². The predicted molar refractivity (Wildman–Crippen MR) is 104 cm³/mol. The molecule has 0 aliphatic heterocycles. The summed E-state index contributed by atoms with van der Waals surface area (Å²) in [4.78, 5) is 27.7. The molecule has 1 N–H and O–H groups in total. The Labute approximate surface area is 175 Å². The number of carbonyl (C=O) groups excluding carboxylic acids is 2. The monoisotopic (exact) mass is 449 g/mol. The van der Waals surface area contributed by atoms with Crippen LogP contribution in [0.2, 0.25) is 0 Å². The van der Waals surface area contributed by atoms with Crippen LogP contribution < -0.4 is 9.46 Å². The first-order chi connectivity index (χ1) is 13.7. The van der Waals surface area contributed by atoms with Gasteiger partial charge in [-0.3, -0.25) is 9.52 Å². The van der Waals surface area contributed by atoms with Crippen molar-refractivity contribution in [3.8, 4) is 11.8 Å². The second-order valence-electron chi connectivity index (χ2n) is 7.34. The third-order valence-corrected chi connectivity index (χ3v) is 4.70. The average Bonchev–Trinajstić information content (AvgIpc) is 2.58. The highest BCUT2D eigenvalue weighted by Gasteiger charge is 2.33. The maximum absolute atomic E-state index is 12.5. The Morgan fingerprint density at radius 2 is 1.90 bits per heavy atom. The topological polar surface area (TPSA) is 86.1 Å². The SMILES string of the molecule is CC[C@H](C)C(C#[N+]C(=O)OC(C)(C)C)C(=O)NS(=O)c1cccc(OC(F)(F)F)c1. The summed E-state index contributed by atoms with van der Waals surface area (Å²) in [6, 6.07) is 6.85. The summed E-state index contributed by atoms with van der Waals surface area (Å²) in [5.74, 6) is -2.66. The van der Waals surface area contributed by atoms with E-state index in [9.17, 15) is 27.0 Å². The van der Waals surface area contributed by atoms with Crippen LogP contribution in [0.15, 0.2) is 29.2 Å². The van der Waals surface area contributed by atoms with Crippen molar-refractivity contribution >= 4 is 23.0 Å². The van der Waals surface area contributed by atoms with Crippen LogP contribution in [0.25, 0.3) is 4.85 Å². The maximum atomic E-state index is 12.5. The number of nitrogens with zero attached hydrogens (tertiary/aromatic N) is 1. The van der Waals surface area contributed by atoms with Crippen LogP contribution in [0.1, 0.15) is 41.0 Å². The smallest absolute Gasteiger partial charge is 0.406 e. The number of benzene rings is 1. The molecule has 0 spiro atoms. The molecule has 1 rings (SSSR count). The minimum atomic E-state index is -4.90. The molecule has 0 heterocycles. The highest BCUT2D eigenvalue weighted by atomic mass is 32.2. The number of nitrogens with one attached hydrogen (secondary N) is 1. The quantitative estimate of drug-likeness (QED) is 0.683. The number of hydrogen-bond donors (Lipinski definition) is 1. The van der Waals surface area contributed by atoms with Crippen LogP contribution in [0.5, 0.6) is 5.75 Å². The number of hydrogen-bond acceptors (Lipinski definition) is 5. The fraction of sp³-hybridized carbons (Fsp3) is 0.526. The molecule has 0 aromatic heterocycles. The van der Waals surface area contributed by atoms with E-state index < -0.39 is 46.6 Å². The zero-order valence-corrected chi connectivity index (χ0v) is 18.0. The van der Waals surface area contributed by atoms with Crippen LogP contribution in [-0.4, -0.2) is 28.2 Å². The van der Waals surface area contributed by atoms with E-state index in [1.165, 1.54) is 12.1 Å². The van der Waals surface area contributed by atoms with Gasteiger partial charge < -0.3 is 9.47 Å². The minimum absolute atomic E-state index is 0.0999. The van der Waals surface area contributed by atoms with Gasteiger partial charge in [0.25, 0.3) is 5.91 Å². The molecule has 2 unspecified atom stereocenters. The molecule has 0 saturated carbocycles. The van der Waals surface area contributed by atoms with Gasteiger partial charge in [-0.15, -0.1) is 13.2 Å². The van der Waals surface area contributed by atoms with E-state index in [1.807, 2.05) is 0 Å². The molecule has 7 nitrogen and oxygen atoms in total. The lowest BCUT2D eigenvalue weighted by molar-refractivity contribution is -0.274. The van der Waals surface area contributed by atoms with Crippen molar-refractivity contribution < 1.29 is 36.4 Å². The van der Waals surface area contributed by atoms with E-state index in [4.69, 9.17) is 4.74 Å². The number of alkyl halides is 3. The predicted octanol–water partition coefficient (Wildman–Crippen LogP) is 4.65. The van der Waals surface area contributed by atoms with Crippen molar-refractivity contribution in [1.29, 1.82) is 0 Å². The summed E-state index contributed by atoms with van der Waals surface area (Å²) in [5.41, 5.74) is -0.776. The molecule has 0 fully saturated rings. The summed E-state index contributed by atoms with van der Waals surface area (Å²) in [5, 5.41) is 0. The molecule has 11 heteroatoms. The second-order valence-corrected chi connectivity index (χ2v) is 8.56. The Balaban J connectivity index is 2.96. The molecule has 0 bridgehead atoms. The lowest BCUT2D eigenvalue weighted by Crippen LogP contribution is -2.34. The molecule has 30 heavy (non-hydrogen) atoms. The van der Waals surface area contributed by atoms with Gasteiger partial charge in [0, 0.05) is 0 Å². The molecule has 1 aromatic carbocycles. The maximum Gasteiger partial charge on any atom is 0.728 e. The molecule has 0 saturated heterocycles. The van der Waals surface area contributed by atoms with Crippen LogP contribution in [-0.2, 0) is 20.5 Å². The number of ether oxygens (including phenoxy) is 2. The van der Waals surface area contributed by atoms with E-state index in [0.717, 1.165) is 12.1 Å². The number of carbonyl (C=O) groups is 2. The van der Waals surface area contributed by atoms with Gasteiger partial charge in [-0.05, 0) is 44.9 Å². The first-order valence-corrected chi connectivity index (χ1v) is 10.1. The molecule has 0 aliphatic rings.